The quantitative estimate of drug-likeness (QED) is 0.234. The van der Waals surface area contributed by atoms with Gasteiger partial charge in [0.2, 0.25) is 6.29 Å². The molecule has 1 saturated heterocycles. The Kier molecular flexibility index (Phi) is 7.25. The second kappa shape index (κ2) is 10.1. The van der Waals surface area contributed by atoms with Crippen LogP contribution in [-0.4, -0.2) is 64.5 Å². The Bertz CT molecular complexity index is 991. The largest absolute Gasteiger partial charge is 0.504 e. The monoisotopic (exact) mass is 447 g/mol. The summed E-state index contributed by atoms with van der Waals surface area (Å²) in [5.41, 5.74) is 0.406. The highest BCUT2D eigenvalue weighted by Gasteiger charge is 2.47. The SMILES string of the molecule is COc1cc(C=CC(=O)O[C@H]2[C@H](Oc3ccc([N+](=O)[O-])cc3)O[C@@H](CO)[C@@H]2O)ccc1O. The average molecular weight is 447 g/mol. The third kappa shape index (κ3) is 5.32. The first-order chi connectivity index (χ1) is 15.3. The fraction of sp³-hybridized carbons (Fsp3) is 0.286. The minimum atomic E-state index is -1.37. The van der Waals surface area contributed by atoms with Crippen LogP contribution in [0.5, 0.6) is 17.2 Å². The fourth-order valence-corrected chi connectivity index (χ4v) is 2.99. The highest BCUT2D eigenvalue weighted by molar-refractivity contribution is 5.87. The summed E-state index contributed by atoms with van der Waals surface area (Å²) in [5.74, 6) is -0.470. The topological polar surface area (TPSA) is 158 Å². The molecule has 2 aromatic carbocycles. The molecule has 4 atom stereocenters. The summed E-state index contributed by atoms with van der Waals surface area (Å²) in [6.07, 6.45) is -2.42. The third-order valence-corrected chi connectivity index (χ3v) is 4.64. The molecule has 0 radical (unpaired) electrons. The Morgan fingerprint density at radius 2 is 1.97 bits per heavy atom. The summed E-state index contributed by atoms with van der Waals surface area (Å²) in [4.78, 5) is 22.5. The number of aromatic hydroxyl groups is 1. The molecule has 3 N–H and O–H groups in total. The van der Waals surface area contributed by atoms with Crippen molar-refractivity contribution in [2.24, 2.45) is 0 Å². The van der Waals surface area contributed by atoms with Crippen molar-refractivity contribution in [1.82, 2.24) is 0 Å². The number of carbonyl (C=O) groups is 1. The zero-order valence-electron chi connectivity index (χ0n) is 16.9. The number of ether oxygens (including phenoxy) is 4. The smallest absolute Gasteiger partial charge is 0.331 e. The Balaban J connectivity index is 1.70. The minimum absolute atomic E-state index is 0.0558. The Morgan fingerprint density at radius 3 is 2.59 bits per heavy atom. The predicted octanol–water partition coefficient (Wildman–Crippen LogP) is 1.39. The highest BCUT2D eigenvalue weighted by atomic mass is 16.7. The summed E-state index contributed by atoms with van der Waals surface area (Å²) >= 11 is 0. The van der Waals surface area contributed by atoms with Crippen LogP contribution in [-0.2, 0) is 14.3 Å². The van der Waals surface area contributed by atoms with Crippen molar-refractivity contribution < 1.29 is 44.0 Å². The lowest BCUT2D eigenvalue weighted by Gasteiger charge is -2.21. The number of esters is 1. The van der Waals surface area contributed by atoms with Gasteiger partial charge in [0, 0.05) is 18.2 Å². The summed E-state index contributed by atoms with van der Waals surface area (Å²) < 4.78 is 21.3. The molecule has 11 heteroatoms. The normalized spacial score (nSPS) is 22.6. The van der Waals surface area contributed by atoms with E-state index in [4.69, 9.17) is 18.9 Å². The van der Waals surface area contributed by atoms with Gasteiger partial charge in [0.1, 0.15) is 18.0 Å². The molecule has 0 aliphatic carbocycles. The van der Waals surface area contributed by atoms with Crippen LogP contribution in [0.2, 0.25) is 0 Å². The van der Waals surface area contributed by atoms with Gasteiger partial charge >= 0.3 is 5.97 Å². The van der Waals surface area contributed by atoms with E-state index >= 15 is 0 Å². The molecule has 1 aliphatic rings. The van der Waals surface area contributed by atoms with Crippen molar-refractivity contribution in [3.63, 3.8) is 0 Å². The first-order valence-electron chi connectivity index (χ1n) is 9.43. The molecule has 170 valence electrons. The number of nitro benzene ring substituents is 1. The first-order valence-corrected chi connectivity index (χ1v) is 9.43. The summed E-state index contributed by atoms with van der Waals surface area (Å²) in [6, 6.07) is 9.57. The van der Waals surface area contributed by atoms with Crippen LogP contribution in [0.1, 0.15) is 5.56 Å². The number of hydrogen-bond acceptors (Lipinski definition) is 10. The molecule has 1 heterocycles. The number of phenols is 1. The molecule has 1 aliphatic heterocycles. The van der Waals surface area contributed by atoms with Gasteiger partial charge in [0.25, 0.3) is 5.69 Å². The number of benzene rings is 2. The van der Waals surface area contributed by atoms with Gasteiger partial charge in [-0.1, -0.05) is 6.07 Å². The van der Waals surface area contributed by atoms with Crippen LogP contribution in [0.3, 0.4) is 0 Å². The number of nitro groups is 1. The van der Waals surface area contributed by atoms with Gasteiger partial charge in [0.15, 0.2) is 17.6 Å². The lowest BCUT2D eigenvalue weighted by Crippen LogP contribution is -2.39. The highest BCUT2D eigenvalue weighted by Crippen LogP contribution is 2.29. The third-order valence-electron chi connectivity index (χ3n) is 4.64. The van der Waals surface area contributed by atoms with E-state index in [1.807, 2.05) is 0 Å². The maximum atomic E-state index is 12.3. The average Bonchev–Trinajstić information content (AvgIpc) is 3.07. The van der Waals surface area contributed by atoms with E-state index in [-0.39, 0.29) is 22.9 Å². The van der Waals surface area contributed by atoms with Crippen LogP contribution in [0.25, 0.3) is 6.08 Å². The number of phenolic OH excluding ortho intramolecular Hbond substituents is 1. The second-order valence-corrected chi connectivity index (χ2v) is 6.75. The molecule has 32 heavy (non-hydrogen) atoms. The Morgan fingerprint density at radius 1 is 1.25 bits per heavy atom. The second-order valence-electron chi connectivity index (χ2n) is 6.75. The molecule has 1 fully saturated rings. The molecule has 2 aromatic rings. The van der Waals surface area contributed by atoms with E-state index in [2.05, 4.69) is 0 Å². The zero-order valence-corrected chi connectivity index (χ0v) is 16.9. The maximum absolute atomic E-state index is 12.3. The molecule has 11 nitrogen and oxygen atoms in total. The fourth-order valence-electron chi connectivity index (χ4n) is 2.99. The van der Waals surface area contributed by atoms with Gasteiger partial charge in [-0.25, -0.2) is 4.79 Å². The lowest BCUT2D eigenvalue weighted by atomic mass is 10.1. The first kappa shape index (κ1) is 23.0. The van der Waals surface area contributed by atoms with Gasteiger partial charge in [-0.15, -0.1) is 0 Å². The Labute approximate surface area is 182 Å². The number of nitrogens with zero attached hydrogens (tertiary/aromatic N) is 1. The number of aliphatic hydroxyl groups excluding tert-OH is 2. The van der Waals surface area contributed by atoms with Crippen molar-refractivity contribution in [2.75, 3.05) is 13.7 Å². The molecular formula is C21H21NO10. The number of carbonyl (C=O) groups excluding carboxylic acids is 1. The molecule has 0 amide bonds. The standard InChI is InChI=1S/C21H21NO10/c1-29-16-10-12(2-8-15(16)24)3-9-18(25)32-20-19(26)17(11-23)31-21(20)30-14-6-4-13(5-7-14)22(27)28/h2-10,17,19-21,23-24,26H,11H2,1H3/t17-,19-,20+,21+/m0/s1. The van der Waals surface area contributed by atoms with E-state index in [1.165, 1.54) is 49.6 Å². The maximum Gasteiger partial charge on any atom is 0.331 e. The van der Waals surface area contributed by atoms with Crippen molar-refractivity contribution in [3.8, 4) is 17.2 Å². The molecule has 3 rings (SSSR count). The Hall–Kier alpha value is -3.67. The van der Waals surface area contributed by atoms with E-state index in [1.54, 1.807) is 6.07 Å². The van der Waals surface area contributed by atoms with Gasteiger partial charge in [0.05, 0.1) is 18.6 Å². The van der Waals surface area contributed by atoms with E-state index in [9.17, 15) is 30.2 Å². The van der Waals surface area contributed by atoms with Gasteiger partial charge in [-0.3, -0.25) is 10.1 Å². The van der Waals surface area contributed by atoms with E-state index < -0.39 is 42.1 Å². The van der Waals surface area contributed by atoms with Crippen molar-refractivity contribution in [1.29, 1.82) is 0 Å². The van der Waals surface area contributed by atoms with Gasteiger partial charge in [-0.2, -0.15) is 0 Å². The number of aliphatic hydroxyl groups is 2. The summed E-state index contributed by atoms with van der Waals surface area (Å²) in [6.45, 7) is -0.543. The number of rotatable bonds is 8. The molecule has 0 saturated carbocycles. The minimum Gasteiger partial charge on any atom is -0.504 e. The molecule has 0 unspecified atom stereocenters. The lowest BCUT2D eigenvalue weighted by molar-refractivity contribution is -0.384. The van der Waals surface area contributed by atoms with Crippen molar-refractivity contribution >= 4 is 17.7 Å². The van der Waals surface area contributed by atoms with Gasteiger partial charge < -0.3 is 34.3 Å². The molecular weight excluding hydrogens is 426 g/mol. The van der Waals surface area contributed by atoms with Crippen LogP contribution in [0.4, 0.5) is 5.69 Å². The van der Waals surface area contributed by atoms with Gasteiger partial charge in [-0.05, 0) is 35.9 Å². The molecule has 0 bridgehead atoms. The van der Waals surface area contributed by atoms with Crippen molar-refractivity contribution in [2.45, 2.75) is 24.6 Å². The molecule has 0 aromatic heterocycles. The van der Waals surface area contributed by atoms with Crippen LogP contribution in [0.15, 0.2) is 48.5 Å². The predicted molar refractivity (Wildman–Crippen MR) is 109 cm³/mol. The number of methoxy groups -OCH3 is 1. The van der Waals surface area contributed by atoms with Crippen LogP contribution < -0.4 is 9.47 Å². The van der Waals surface area contributed by atoms with Crippen LogP contribution in [0, 0.1) is 10.1 Å². The summed E-state index contributed by atoms with van der Waals surface area (Å²) in [7, 11) is 1.39. The number of non-ortho nitro benzene ring substituents is 1. The van der Waals surface area contributed by atoms with Crippen molar-refractivity contribution in [3.05, 3.63) is 64.2 Å². The van der Waals surface area contributed by atoms with E-state index in [0.717, 1.165) is 6.08 Å². The zero-order chi connectivity index (χ0) is 23.3. The number of hydrogen-bond donors (Lipinski definition) is 3. The van der Waals surface area contributed by atoms with E-state index in [0.29, 0.717) is 5.56 Å². The summed E-state index contributed by atoms with van der Waals surface area (Å²) in [5, 5.41) is 40.1. The molecule has 0 spiro atoms. The van der Waals surface area contributed by atoms with Crippen LogP contribution >= 0.6 is 0 Å².